The Kier molecular flexibility index (Phi) is 4.57. The lowest BCUT2D eigenvalue weighted by Gasteiger charge is -2.15. The molecule has 0 amide bonds. The van der Waals surface area contributed by atoms with Crippen LogP contribution in [-0.2, 0) is 14.3 Å². The number of fused-ring (bicyclic) bond motifs is 1. The van der Waals surface area contributed by atoms with E-state index in [-0.39, 0.29) is 23.4 Å². The highest BCUT2D eigenvalue weighted by Gasteiger charge is 2.48. The maximum atomic E-state index is 12.5. The summed E-state index contributed by atoms with van der Waals surface area (Å²) in [5.41, 5.74) is 12.1. The number of anilines is 2. The fourth-order valence-corrected chi connectivity index (χ4v) is 3.56. The van der Waals surface area contributed by atoms with Gasteiger partial charge in [-0.2, -0.15) is 26.6 Å². The van der Waals surface area contributed by atoms with E-state index in [4.69, 9.17) is 17.2 Å². The molecule has 1 aliphatic carbocycles. The van der Waals surface area contributed by atoms with E-state index >= 15 is 0 Å². The highest BCUT2D eigenvalue weighted by molar-refractivity contribution is 7.87. The normalized spacial score (nSPS) is 16.9. The van der Waals surface area contributed by atoms with Crippen LogP contribution in [0.3, 0.4) is 0 Å². The molecule has 13 heteroatoms. The predicted octanol–water partition coefficient (Wildman–Crippen LogP) is 1.83. The largest absolute Gasteiger partial charge is 0.534 e. The third-order valence-electron chi connectivity index (χ3n) is 4.31. The SMILES string of the molecule is N/C(=C\c1c(N)n(C2CCCC2)c2nc(N)ncc12)OS(=O)(=O)C(F)(F)F. The van der Waals surface area contributed by atoms with Crippen LogP contribution in [0.25, 0.3) is 17.1 Å². The first-order valence-electron chi connectivity index (χ1n) is 7.91. The summed E-state index contributed by atoms with van der Waals surface area (Å²) in [6.07, 6.45) is 5.92. The zero-order valence-corrected chi connectivity index (χ0v) is 14.7. The van der Waals surface area contributed by atoms with Crippen LogP contribution in [0.1, 0.15) is 37.3 Å². The minimum Gasteiger partial charge on any atom is -0.385 e. The second-order valence-corrected chi connectivity index (χ2v) is 7.64. The Morgan fingerprint density at radius 1 is 1.30 bits per heavy atom. The van der Waals surface area contributed by atoms with Gasteiger partial charge >= 0.3 is 15.6 Å². The molecule has 1 saturated carbocycles. The summed E-state index contributed by atoms with van der Waals surface area (Å²) in [4.78, 5) is 8.02. The number of nitrogen functional groups attached to an aromatic ring is 2. The molecule has 27 heavy (non-hydrogen) atoms. The van der Waals surface area contributed by atoms with Crippen molar-refractivity contribution >= 4 is 39.0 Å². The van der Waals surface area contributed by atoms with Gasteiger partial charge in [0, 0.05) is 29.3 Å². The van der Waals surface area contributed by atoms with E-state index in [2.05, 4.69) is 14.2 Å². The third kappa shape index (κ3) is 3.46. The van der Waals surface area contributed by atoms with E-state index in [1.165, 1.54) is 6.20 Å². The Bertz CT molecular complexity index is 1010. The summed E-state index contributed by atoms with van der Waals surface area (Å²) in [7, 11) is -5.89. The lowest BCUT2D eigenvalue weighted by Crippen LogP contribution is -2.26. The first kappa shape index (κ1) is 19.1. The van der Waals surface area contributed by atoms with Crippen LogP contribution in [0, 0.1) is 0 Å². The molecule has 148 valence electrons. The second-order valence-electron chi connectivity index (χ2n) is 6.10. The molecule has 0 saturated heterocycles. The zero-order valence-electron chi connectivity index (χ0n) is 13.9. The minimum atomic E-state index is -5.89. The molecule has 2 aromatic heterocycles. The number of nitrogens with zero attached hydrogens (tertiary/aromatic N) is 3. The van der Waals surface area contributed by atoms with E-state index in [1.54, 1.807) is 4.57 Å². The van der Waals surface area contributed by atoms with Crippen molar-refractivity contribution in [1.29, 1.82) is 0 Å². The predicted molar refractivity (Wildman–Crippen MR) is 92.1 cm³/mol. The van der Waals surface area contributed by atoms with Gasteiger partial charge in [-0.1, -0.05) is 12.8 Å². The van der Waals surface area contributed by atoms with Crippen molar-refractivity contribution in [3.63, 3.8) is 0 Å². The van der Waals surface area contributed by atoms with Crippen LogP contribution in [0.4, 0.5) is 24.9 Å². The average molecular weight is 406 g/mol. The van der Waals surface area contributed by atoms with Gasteiger partial charge in [0.25, 0.3) is 0 Å². The standard InChI is InChI=1S/C14H17F3N6O3S/c15-14(16,17)27(24,25)26-10(18)5-8-9-6-21-13(20)22-12(9)23(11(8)19)7-3-1-2-4-7/h5-7H,1-4,18-19H2,(H2,20,21,22)/b10-5+. The fraction of sp³-hybridized carbons (Fsp3) is 0.429. The molecular weight excluding hydrogens is 389 g/mol. The van der Waals surface area contributed by atoms with Gasteiger partial charge in [-0.15, -0.1) is 0 Å². The molecule has 0 aliphatic heterocycles. The molecule has 0 bridgehead atoms. The van der Waals surface area contributed by atoms with Crippen molar-refractivity contribution in [2.45, 2.75) is 37.2 Å². The molecule has 1 aliphatic rings. The Morgan fingerprint density at radius 2 is 1.93 bits per heavy atom. The van der Waals surface area contributed by atoms with E-state index in [0.29, 0.717) is 11.0 Å². The van der Waals surface area contributed by atoms with Crippen molar-refractivity contribution < 1.29 is 25.8 Å². The van der Waals surface area contributed by atoms with Crippen LogP contribution in [0.2, 0.25) is 0 Å². The van der Waals surface area contributed by atoms with Crippen LogP contribution in [0.15, 0.2) is 12.1 Å². The van der Waals surface area contributed by atoms with E-state index in [1.807, 2.05) is 0 Å². The second kappa shape index (κ2) is 6.48. The quantitative estimate of drug-likeness (QED) is 0.395. The summed E-state index contributed by atoms with van der Waals surface area (Å²) >= 11 is 0. The Hall–Kier alpha value is -2.70. The molecule has 1 fully saturated rings. The molecular formula is C14H17F3N6O3S. The molecule has 2 heterocycles. The van der Waals surface area contributed by atoms with Gasteiger partial charge in [0.05, 0.1) is 0 Å². The van der Waals surface area contributed by atoms with Crippen LogP contribution < -0.4 is 17.2 Å². The van der Waals surface area contributed by atoms with Crippen molar-refractivity contribution in [3.05, 3.63) is 17.6 Å². The first-order chi connectivity index (χ1) is 12.5. The highest BCUT2D eigenvalue weighted by Crippen LogP contribution is 2.38. The summed E-state index contributed by atoms with van der Waals surface area (Å²) in [6.45, 7) is 0. The van der Waals surface area contributed by atoms with Crippen molar-refractivity contribution in [1.82, 2.24) is 14.5 Å². The van der Waals surface area contributed by atoms with E-state index in [0.717, 1.165) is 31.8 Å². The van der Waals surface area contributed by atoms with Gasteiger partial charge in [0.2, 0.25) is 11.8 Å². The van der Waals surface area contributed by atoms with Gasteiger partial charge < -0.3 is 26.0 Å². The number of rotatable bonds is 4. The molecule has 9 nitrogen and oxygen atoms in total. The highest BCUT2D eigenvalue weighted by atomic mass is 32.2. The van der Waals surface area contributed by atoms with E-state index < -0.39 is 21.5 Å². The van der Waals surface area contributed by atoms with Crippen molar-refractivity contribution in [3.8, 4) is 0 Å². The van der Waals surface area contributed by atoms with Gasteiger partial charge in [-0.3, -0.25) is 0 Å². The number of halogens is 3. The minimum absolute atomic E-state index is 0.00125. The number of alkyl halides is 3. The lowest BCUT2D eigenvalue weighted by atomic mass is 10.2. The Balaban J connectivity index is 2.10. The fourth-order valence-electron chi connectivity index (χ4n) is 3.17. The summed E-state index contributed by atoms with van der Waals surface area (Å²) in [5, 5.41) is 0.365. The average Bonchev–Trinajstić information content (AvgIpc) is 3.13. The third-order valence-corrected chi connectivity index (χ3v) is 5.29. The molecule has 0 aromatic carbocycles. The molecule has 0 atom stereocenters. The summed E-state index contributed by atoms with van der Waals surface area (Å²) in [5.74, 6) is -0.826. The zero-order chi connectivity index (χ0) is 20.0. The van der Waals surface area contributed by atoms with Gasteiger partial charge in [0.1, 0.15) is 11.5 Å². The number of nitrogens with two attached hydrogens (primary N) is 3. The molecule has 3 rings (SSSR count). The molecule has 2 aromatic rings. The topological polar surface area (TPSA) is 152 Å². The molecule has 0 radical (unpaired) electrons. The molecule has 0 unspecified atom stereocenters. The number of hydrogen-bond donors (Lipinski definition) is 3. The molecule has 6 N–H and O–H groups in total. The van der Waals surface area contributed by atoms with Crippen LogP contribution in [0.5, 0.6) is 0 Å². The lowest BCUT2D eigenvalue weighted by molar-refractivity contribution is -0.0521. The van der Waals surface area contributed by atoms with Crippen molar-refractivity contribution in [2.75, 3.05) is 11.5 Å². The summed E-state index contributed by atoms with van der Waals surface area (Å²) < 4.78 is 65.3. The number of hydrogen-bond acceptors (Lipinski definition) is 8. The monoisotopic (exact) mass is 406 g/mol. The van der Waals surface area contributed by atoms with Gasteiger partial charge in [-0.05, 0) is 12.8 Å². The maximum absolute atomic E-state index is 12.5. The maximum Gasteiger partial charge on any atom is 0.534 e. The molecule has 0 spiro atoms. The van der Waals surface area contributed by atoms with Crippen LogP contribution >= 0.6 is 0 Å². The summed E-state index contributed by atoms with van der Waals surface area (Å²) in [6, 6.07) is 0.0324. The smallest absolute Gasteiger partial charge is 0.385 e. The Morgan fingerprint density at radius 3 is 2.52 bits per heavy atom. The van der Waals surface area contributed by atoms with Gasteiger partial charge in [0.15, 0.2) is 0 Å². The van der Waals surface area contributed by atoms with Crippen LogP contribution in [-0.4, -0.2) is 28.5 Å². The Labute approximate surface area is 152 Å². The van der Waals surface area contributed by atoms with Gasteiger partial charge in [-0.25, -0.2) is 4.98 Å². The van der Waals surface area contributed by atoms with E-state index in [9.17, 15) is 21.6 Å². The van der Waals surface area contributed by atoms with Crippen molar-refractivity contribution in [2.24, 2.45) is 5.73 Å². The first-order valence-corrected chi connectivity index (χ1v) is 9.32. The number of aromatic nitrogens is 3.